The average molecular weight is 310 g/mol. The van der Waals surface area contributed by atoms with E-state index in [9.17, 15) is 9.59 Å². The standard InChI is InChI=1S/C19H22N2O2/c1-13-6-4-7-16(14(13)2)17-8-5-10-21(17)19(23)15-9-11-20(3)18(22)12-15/h4,6-7,9,11-12,17H,5,8,10H2,1-3H3/t17-/m0/s1. The van der Waals surface area contributed by atoms with Crippen LogP contribution in [-0.4, -0.2) is 21.9 Å². The van der Waals surface area contributed by atoms with Gasteiger partial charge in [-0.15, -0.1) is 0 Å². The van der Waals surface area contributed by atoms with Crippen LogP contribution >= 0.6 is 0 Å². The summed E-state index contributed by atoms with van der Waals surface area (Å²) < 4.78 is 1.48. The molecule has 2 heterocycles. The van der Waals surface area contributed by atoms with Gasteiger partial charge in [-0.2, -0.15) is 0 Å². The van der Waals surface area contributed by atoms with Crippen LogP contribution in [0.4, 0.5) is 0 Å². The third-order valence-corrected chi connectivity index (χ3v) is 4.87. The molecular formula is C19H22N2O2. The number of carbonyl (C=O) groups is 1. The lowest BCUT2D eigenvalue weighted by Gasteiger charge is -2.27. The van der Waals surface area contributed by atoms with Crippen LogP contribution < -0.4 is 5.56 Å². The van der Waals surface area contributed by atoms with Crippen LogP contribution in [0.2, 0.25) is 0 Å². The minimum atomic E-state index is -0.154. The summed E-state index contributed by atoms with van der Waals surface area (Å²) in [6, 6.07) is 9.52. The van der Waals surface area contributed by atoms with Crippen molar-refractivity contribution in [3.05, 3.63) is 69.1 Å². The molecule has 1 fully saturated rings. The fraction of sp³-hybridized carbons (Fsp3) is 0.368. The van der Waals surface area contributed by atoms with Crippen LogP contribution in [0.25, 0.3) is 0 Å². The van der Waals surface area contributed by atoms with E-state index in [0.29, 0.717) is 5.56 Å². The van der Waals surface area contributed by atoms with Crippen molar-refractivity contribution in [1.82, 2.24) is 9.47 Å². The van der Waals surface area contributed by atoms with Crippen LogP contribution in [0, 0.1) is 13.8 Å². The highest BCUT2D eigenvalue weighted by Gasteiger charge is 2.31. The molecule has 1 aromatic carbocycles. The van der Waals surface area contributed by atoms with Crippen molar-refractivity contribution < 1.29 is 4.79 Å². The fourth-order valence-electron chi connectivity index (χ4n) is 3.32. The van der Waals surface area contributed by atoms with E-state index in [0.717, 1.165) is 19.4 Å². The van der Waals surface area contributed by atoms with Crippen LogP contribution in [0.15, 0.2) is 41.3 Å². The highest BCUT2D eigenvalue weighted by molar-refractivity contribution is 5.94. The Kier molecular flexibility index (Phi) is 4.07. The van der Waals surface area contributed by atoms with E-state index in [4.69, 9.17) is 0 Å². The second-order valence-electron chi connectivity index (χ2n) is 6.31. The molecule has 1 saturated heterocycles. The molecule has 2 aromatic rings. The first-order valence-electron chi connectivity index (χ1n) is 8.03. The number of amides is 1. The van der Waals surface area contributed by atoms with Crippen molar-refractivity contribution in [2.24, 2.45) is 7.05 Å². The van der Waals surface area contributed by atoms with Gasteiger partial charge in [0.1, 0.15) is 0 Å². The fourth-order valence-corrected chi connectivity index (χ4v) is 3.32. The Balaban J connectivity index is 1.95. The molecule has 4 heteroatoms. The predicted molar refractivity (Wildman–Crippen MR) is 90.6 cm³/mol. The van der Waals surface area contributed by atoms with Gasteiger partial charge in [-0.1, -0.05) is 18.2 Å². The zero-order valence-electron chi connectivity index (χ0n) is 13.9. The van der Waals surface area contributed by atoms with Gasteiger partial charge >= 0.3 is 0 Å². The Morgan fingerprint density at radius 2 is 2.00 bits per heavy atom. The Bertz CT molecular complexity index is 807. The van der Waals surface area contributed by atoms with E-state index in [1.54, 1.807) is 19.3 Å². The van der Waals surface area contributed by atoms with Gasteiger partial charge in [0.05, 0.1) is 6.04 Å². The topological polar surface area (TPSA) is 42.3 Å². The molecule has 0 spiro atoms. The van der Waals surface area contributed by atoms with Gasteiger partial charge in [0.15, 0.2) is 0 Å². The van der Waals surface area contributed by atoms with Crippen molar-refractivity contribution in [2.45, 2.75) is 32.7 Å². The van der Waals surface area contributed by atoms with Gasteiger partial charge in [0.2, 0.25) is 0 Å². The maximum Gasteiger partial charge on any atom is 0.254 e. The molecule has 0 bridgehead atoms. The number of aryl methyl sites for hydroxylation is 2. The van der Waals surface area contributed by atoms with Crippen LogP contribution in [-0.2, 0) is 7.05 Å². The van der Waals surface area contributed by atoms with Crippen LogP contribution in [0.3, 0.4) is 0 Å². The zero-order chi connectivity index (χ0) is 16.6. The van der Waals surface area contributed by atoms with E-state index in [1.807, 2.05) is 4.90 Å². The molecule has 0 saturated carbocycles. The molecule has 1 aliphatic heterocycles. The maximum absolute atomic E-state index is 12.9. The van der Waals surface area contributed by atoms with Crippen molar-refractivity contribution in [2.75, 3.05) is 6.54 Å². The Morgan fingerprint density at radius 1 is 1.22 bits per heavy atom. The minimum absolute atomic E-state index is 0.0499. The molecule has 1 atom stereocenters. The van der Waals surface area contributed by atoms with Gasteiger partial charge in [0, 0.05) is 31.4 Å². The Labute approximate surface area is 136 Å². The summed E-state index contributed by atoms with van der Waals surface area (Å²) in [7, 11) is 1.69. The molecule has 0 N–H and O–H groups in total. The summed E-state index contributed by atoms with van der Waals surface area (Å²) in [4.78, 5) is 26.6. The number of hydrogen-bond donors (Lipinski definition) is 0. The summed E-state index contributed by atoms with van der Waals surface area (Å²) in [5.74, 6) is -0.0499. The number of pyridine rings is 1. The molecule has 120 valence electrons. The van der Waals surface area contributed by atoms with E-state index in [2.05, 4.69) is 32.0 Å². The second-order valence-corrected chi connectivity index (χ2v) is 6.31. The molecule has 0 unspecified atom stereocenters. The van der Waals surface area contributed by atoms with Gasteiger partial charge in [-0.25, -0.2) is 0 Å². The average Bonchev–Trinajstić information content (AvgIpc) is 3.01. The normalized spacial score (nSPS) is 17.5. The number of aromatic nitrogens is 1. The maximum atomic E-state index is 12.9. The predicted octanol–water partition coefficient (Wildman–Crippen LogP) is 2.98. The monoisotopic (exact) mass is 310 g/mol. The minimum Gasteiger partial charge on any atom is -0.332 e. The number of carbonyl (C=O) groups excluding carboxylic acids is 1. The van der Waals surface area contributed by atoms with Gasteiger partial charge in [0.25, 0.3) is 11.5 Å². The quantitative estimate of drug-likeness (QED) is 0.856. The van der Waals surface area contributed by atoms with E-state index >= 15 is 0 Å². The third kappa shape index (κ3) is 2.81. The molecule has 1 aromatic heterocycles. The number of benzene rings is 1. The highest BCUT2D eigenvalue weighted by atomic mass is 16.2. The van der Waals surface area contributed by atoms with Crippen molar-refractivity contribution in [1.29, 1.82) is 0 Å². The van der Waals surface area contributed by atoms with E-state index < -0.39 is 0 Å². The van der Waals surface area contributed by atoms with Gasteiger partial charge < -0.3 is 9.47 Å². The molecule has 0 radical (unpaired) electrons. The molecule has 3 rings (SSSR count). The van der Waals surface area contributed by atoms with Crippen LogP contribution in [0.5, 0.6) is 0 Å². The van der Waals surface area contributed by atoms with E-state index in [-0.39, 0.29) is 17.5 Å². The van der Waals surface area contributed by atoms with Gasteiger partial charge in [-0.3, -0.25) is 9.59 Å². The lowest BCUT2D eigenvalue weighted by molar-refractivity contribution is 0.0735. The number of hydrogen-bond acceptors (Lipinski definition) is 2. The van der Waals surface area contributed by atoms with Crippen molar-refractivity contribution in [3.8, 4) is 0 Å². The number of likely N-dealkylation sites (tertiary alicyclic amines) is 1. The SMILES string of the molecule is Cc1cccc([C@@H]2CCCN2C(=O)c2ccn(C)c(=O)c2)c1C. The summed E-state index contributed by atoms with van der Waals surface area (Å²) in [6.45, 7) is 4.96. The largest absolute Gasteiger partial charge is 0.332 e. The number of rotatable bonds is 2. The highest BCUT2D eigenvalue weighted by Crippen LogP contribution is 2.35. The summed E-state index contributed by atoms with van der Waals surface area (Å²) in [5, 5.41) is 0. The first kappa shape index (κ1) is 15.5. The van der Waals surface area contributed by atoms with Crippen molar-refractivity contribution >= 4 is 5.91 Å². The number of nitrogens with zero attached hydrogens (tertiary/aromatic N) is 2. The molecule has 1 aliphatic rings. The Morgan fingerprint density at radius 3 is 2.74 bits per heavy atom. The van der Waals surface area contributed by atoms with Crippen LogP contribution in [0.1, 0.15) is 45.9 Å². The molecule has 0 aliphatic carbocycles. The molecule has 4 nitrogen and oxygen atoms in total. The first-order chi connectivity index (χ1) is 11.0. The third-order valence-electron chi connectivity index (χ3n) is 4.87. The molecule has 1 amide bonds. The summed E-state index contributed by atoms with van der Waals surface area (Å²) in [5.41, 5.74) is 4.04. The zero-order valence-corrected chi connectivity index (χ0v) is 13.9. The first-order valence-corrected chi connectivity index (χ1v) is 8.03. The smallest absolute Gasteiger partial charge is 0.254 e. The summed E-state index contributed by atoms with van der Waals surface area (Å²) in [6.07, 6.45) is 3.62. The lowest BCUT2D eigenvalue weighted by atomic mass is 9.95. The lowest BCUT2D eigenvalue weighted by Crippen LogP contribution is -2.32. The molecular weight excluding hydrogens is 288 g/mol. The second kappa shape index (κ2) is 6.03. The van der Waals surface area contributed by atoms with Crippen molar-refractivity contribution in [3.63, 3.8) is 0 Å². The van der Waals surface area contributed by atoms with Gasteiger partial charge in [-0.05, 0) is 49.4 Å². The molecule has 23 heavy (non-hydrogen) atoms. The summed E-state index contributed by atoms with van der Waals surface area (Å²) >= 11 is 0. The Hall–Kier alpha value is -2.36. The van der Waals surface area contributed by atoms with E-state index in [1.165, 1.54) is 27.3 Å².